The van der Waals surface area contributed by atoms with Crippen molar-refractivity contribution in [3.05, 3.63) is 5.73 Å². The molecule has 0 spiro atoms. The maximum atomic E-state index is 9.48. The monoisotopic (exact) mass is 214 g/mol. The van der Waals surface area contributed by atoms with Gasteiger partial charge in [-0.15, -0.1) is 0 Å². The Balaban J connectivity index is 0. The molecule has 3 heteroatoms. The fourth-order valence-electron chi connectivity index (χ4n) is 0. The topological polar surface area (TPSA) is 40.9 Å². The van der Waals surface area contributed by atoms with Crippen molar-refractivity contribution in [2.24, 2.45) is 0 Å². The Bertz CT molecular complexity index is 46.1. The van der Waals surface area contributed by atoms with Gasteiger partial charge in [-0.2, -0.15) is 0 Å². The summed E-state index contributed by atoms with van der Waals surface area (Å²) < 4.78 is 0. The first-order chi connectivity index (χ1) is 2.27. The minimum atomic E-state index is -0.495. The van der Waals surface area contributed by atoms with Gasteiger partial charge in [-0.25, -0.2) is 0 Å². The van der Waals surface area contributed by atoms with Gasteiger partial charge in [0.05, 0.1) is 0 Å². The van der Waals surface area contributed by atoms with Crippen molar-refractivity contribution >= 4 is 5.91 Å². The summed E-state index contributed by atoms with van der Waals surface area (Å²) in [6.07, 6.45) is 0.333. The average Bonchev–Trinajstić information content (AvgIpc) is 1.38. The van der Waals surface area contributed by atoms with Crippen LogP contribution in [0.5, 0.6) is 0 Å². The fraction of sp³-hybridized carbons (Fsp3) is 0.667. The molecule has 0 aliphatic rings. The van der Waals surface area contributed by atoms with E-state index in [0.29, 0.717) is 6.42 Å². The van der Waals surface area contributed by atoms with Crippen LogP contribution >= 0.6 is 0 Å². The molecule has 6 heavy (non-hydrogen) atoms. The number of hydrogen-bond donors (Lipinski definition) is 0. The molecular formula is C3H6NNdO-. The third-order valence-electron chi connectivity index (χ3n) is 0.321. The molecule has 0 bridgehead atoms. The quantitative estimate of drug-likeness (QED) is 0.644. The number of carbonyl (C=O) groups excluding carboxylic acids is 1. The molecule has 0 radical (unpaired) electrons. The van der Waals surface area contributed by atoms with Crippen LogP contribution in [0.2, 0.25) is 0 Å². The molecule has 0 fully saturated rings. The van der Waals surface area contributed by atoms with Crippen LogP contribution in [0.3, 0.4) is 0 Å². The van der Waals surface area contributed by atoms with E-state index in [2.05, 4.69) is 0 Å². The van der Waals surface area contributed by atoms with E-state index >= 15 is 0 Å². The van der Waals surface area contributed by atoms with E-state index in [4.69, 9.17) is 5.73 Å². The van der Waals surface area contributed by atoms with E-state index in [1.165, 1.54) is 0 Å². The number of hydrogen-bond acceptors (Lipinski definition) is 1. The van der Waals surface area contributed by atoms with Gasteiger partial charge in [-0.3, -0.25) is 0 Å². The average molecular weight is 216 g/mol. The molecular weight excluding hydrogens is 210 g/mol. The van der Waals surface area contributed by atoms with Gasteiger partial charge in [-0.1, -0.05) is 6.92 Å². The molecule has 0 aromatic rings. The van der Waals surface area contributed by atoms with Crippen LogP contribution in [-0.2, 0) is 4.79 Å². The molecule has 0 aromatic carbocycles. The third-order valence-corrected chi connectivity index (χ3v) is 0.321. The molecule has 0 saturated heterocycles. The number of carbonyl (C=O) groups is 1. The minimum absolute atomic E-state index is 0. The SMILES string of the molecule is CCC([NH-])=O.[Nd]. The second-order valence-corrected chi connectivity index (χ2v) is 0.777. The Kier molecular flexibility index (Phi) is 9.65. The van der Waals surface area contributed by atoms with Crippen LogP contribution in [0.4, 0.5) is 0 Å². The zero-order chi connectivity index (χ0) is 4.28. The Hall–Kier alpha value is 0.821. The molecule has 2 nitrogen and oxygen atoms in total. The van der Waals surface area contributed by atoms with Crippen molar-refractivity contribution in [3.63, 3.8) is 0 Å². The van der Waals surface area contributed by atoms with Gasteiger partial charge in [0, 0.05) is 46.7 Å². The molecule has 0 aromatic heterocycles. The van der Waals surface area contributed by atoms with Crippen LogP contribution in [0.15, 0.2) is 0 Å². The van der Waals surface area contributed by atoms with Gasteiger partial charge < -0.3 is 10.5 Å². The van der Waals surface area contributed by atoms with Crippen LogP contribution in [-0.4, -0.2) is 5.91 Å². The van der Waals surface area contributed by atoms with E-state index in [0.717, 1.165) is 0 Å². The summed E-state index contributed by atoms with van der Waals surface area (Å²) in [5, 5.41) is 0. The smallest absolute Gasteiger partial charge is 0.0484 e. The van der Waals surface area contributed by atoms with E-state index < -0.39 is 5.91 Å². The molecule has 0 unspecified atom stereocenters. The normalized spacial score (nSPS) is 6.17. The summed E-state index contributed by atoms with van der Waals surface area (Å²) >= 11 is 0. The van der Waals surface area contributed by atoms with Crippen molar-refractivity contribution in [2.75, 3.05) is 0 Å². The van der Waals surface area contributed by atoms with Crippen molar-refractivity contribution in [3.8, 4) is 0 Å². The van der Waals surface area contributed by atoms with Gasteiger partial charge in [0.25, 0.3) is 0 Å². The van der Waals surface area contributed by atoms with Crippen LogP contribution < -0.4 is 0 Å². The first kappa shape index (κ1) is 9.94. The fourth-order valence-corrected chi connectivity index (χ4v) is 0. The van der Waals surface area contributed by atoms with Crippen LogP contribution in [0, 0.1) is 40.8 Å². The van der Waals surface area contributed by atoms with Gasteiger partial charge in [0.15, 0.2) is 0 Å². The molecule has 0 heterocycles. The van der Waals surface area contributed by atoms with E-state index in [1.807, 2.05) is 0 Å². The predicted octanol–water partition coefficient (Wildman–Crippen LogP) is 0.975. The molecule has 0 aliphatic carbocycles. The minimum Gasteiger partial charge on any atom is -0.668 e. The zero-order valence-corrected chi connectivity index (χ0v) is 6.82. The van der Waals surface area contributed by atoms with Crippen molar-refractivity contribution in [1.82, 2.24) is 0 Å². The molecule has 1 amide bonds. The molecule has 0 atom stereocenters. The van der Waals surface area contributed by atoms with Gasteiger partial charge in [-0.05, 0) is 6.42 Å². The summed E-state index contributed by atoms with van der Waals surface area (Å²) in [6.45, 7) is 1.66. The van der Waals surface area contributed by atoms with Gasteiger partial charge in [0.2, 0.25) is 0 Å². The van der Waals surface area contributed by atoms with Crippen molar-refractivity contribution in [2.45, 2.75) is 13.3 Å². The van der Waals surface area contributed by atoms with Crippen molar-refractivity contribution < 1.29 is 45.6 Å². The van der Waals surface area contributed by atoms with Crippen LogP contribution in [0.1, 0.15) is 13.3 Å². The zero-order valence-electron chi connectivity index (χ0n) is 3.62. The second kappa shape index (κ2) is 5.82. The summed E-state index contributed by atoms with van der Waals surface area (Å²) in [7, 11) is 0. The maximum absolute atomic E-state index is 9.48. The van der Waals surface area contributed by atoms with Crippen LogP contribution in [0.25, 0.3) is 5.73 Å². The number of nitrogens with one attached hydrogen (secondary N) is 1. The van der Waals surface area contributed by atoms with Gasteiger partial charge in [0.1, 0.15) is 0 Å². The summed E-state index contributed by atoms with van der Waals surface area (Å²) in [4.78, 5) is 9.48. The summed E-state index contributed by atoms with van der Waals surface area (Å²) in [6, 6.07) is 0. The maximum Gasteiger partial charge on any atom is 0.0484 e. The van der Waals surface area contributed by atoms with E-state index in [-0.39, 0.29) is 40.8 Å². The Labute approximate surface area is 70.0 Å². The largest absolute Gasteiger partial charge is 0.668 e. The Morgan fingerprint density at radius 2 is 2.00 bits per heavy atom. The van der Waals surface area contributed by atoms with E-state index in [1.54, 1.807) is 6.92 Å². The summed E-state index contributed by atoms with van der Waals surface area (Å²) in [5.41, 5.74) is 6.19. The molecule has 0 aliphatic heterocycles. The predicted molar refractivity (Wildman–Crippen MR) is 19.6 cm³/mol. The van der Waals surface area contributed by atoms with Crippen molar-refractivity contribution in [1.29, 1.82) is 0 Å². The van der Waals surface area contributed by atoms with E-state index in [9.17, 15) is 4.79 Å². The standard InChI is InChI=1S/C3H7NO.Nd/c1-2-3(4)5;/h2H2,1H3,(H2,4,5);/p-1. The summed E-state index contributed by atoms with van der Waals surface area (Å²) in [5.74, 6) is -0.495. The Morgan fingerprint density at radius 1 is 1.83 bits per heavy atom. The molecule has 0 saturated carbocycles. The first-order valence-corrected chi connectivity index (χ1v) is 1.51. The Morgan fingerprint density at radius 3 is 2.00 bits per heavy atom. The molecule has 0 rings (SSSR count). The third kappa shape index (κ3) is 8.84. The second-order valence-electron chi connectivity index (χ2n) is 0.777. The molecule has 1 N–H and O–H groups in total. The van der Waals surface area contributed by atoms with Gasteiger partial charge >= 0.3 is 0 Å². The first-order valence-electron chi connectivity index (χ1n) is 1.51. The molecule has 34 valence electrons. The number of amides is 1. The number of rotatable bonds is 1.